The molecule has 0 radical (unpaired) electrons. The number of halogens is 1. The van der Waals surface area contributed by atoms with Crippen LogP contribution in [0.25, 0.3) is 0 Å². The Labute approximate surface area is 204 Å². The molecule has 2 amide bonds. The number of rotatable bonds is 6. The van der Waals surface area contributed by atoms with Gasteiger partial charge < -0.3 is 4.42 Å². The number of aryl methyl sites for hydroxylation is 2. The maximum Gasteiger partial charge on any atom is 0.252 e. The fourth-order valence-corrected chi connectivity index (χ4v) is 6.56. The van der Waals surface area contributed by atoms with Crippen molar-refractivity contribution in [3.8, 4) is 0 Å². The average Bonchev–Trinajstić information content (AvgIpc) is 3.39. The van der Waals surface area contributed by atoms with E-state index in [1.54, 1.807) is 50.2 Å². The number of hydrogen-bond donors (Lipinski definition) is 0. The van der Waals surface area contributed by atoms with Crippen molar-refractivity contribution in [3.63, 3.8) is 0 Å². The quantitative estimate of drug-likeness (QED) is 0.458. The summed E-state index contributed by atoms with van der Waals surface area (Å²) in [6.45, 7) is 7.02. The second-order valence-electron chi connectivity index (χ2n) is 8.48. The van der Waals surface area contributed by atoms with Gasteiger partial charge >= 0.3 is 0 Å². The van der Waals surface area contributed by atoms with Gasteiger partial charge in [-0.25, -0.2) is 13.3 Å². The van der Waals surface area contributed by atoms with Gasteiger partial charge in [-0.1, -0.05) is 17.7 Å². The molecule has 1 unspecified atom stereocenters. The number of sulfonamides is 1. The van der Waals surface area contributed by atoms with Gasteiger partial charge in [0.05, 0.1) is 29.8 Å². The van der Waals surface area contributed by atoms with Gasteiger partial charge in [0.25, 0.3) is 5.91 Å². The van der Waals surface area contributed by atoms with E-state index in [-0.39, 0.29) is 17.9 Å². The maximum absolute atomic E-state index is 14.1. The lowest BCUT2D eigenvalue weighted by Gasteiger charge is -2.28. The number of amides is 2. The van der Waals surface area contributed by atoms with E-state index in [0.717, 1.165) is 20.3 Å². The molecule has 0 aliphatic carbocycles. The predicted molar refractivity (Wildman–Crippen MR) is 129 cm³/mol. The van der Waals surface area contributed by atoms with Crippen molar-refractivity contribution >= 4 is 39.1 Å². The van der Waals surface area contributed by atoms with Crippen molar-refractivity contribution in [3.05, 3.63) is 81.8 Å². The highest BCUT2D eigenvalue weighted by atomic mass is 35.5. The molecule has 0 spiro atoms. The fourth-order valence-electron chi connectivity index (χ4n) is 4.31. The Kier molecular flexibility index (Phi) is 6.42. The standard InChI is InChI=1S/C25H25ClN2O5S/c1-15-12-16(2)18(4)24(17(15)3)34(31,32)27(14-21-6-5-11-33-21)22-13-23(29)28(25(22)30)20-9-7-19(26)8-10-20/h5-12,22H,13-14H2,1-4H3. The maximum atomic E-state index is 14.1. The van der Waals surface area contributed by atoms with Crippen molar-refractivity contribution in [1.29, 1.82) is 0 Å². The minimum atomic E-state index is -4.18. The van der Waals surface area contributed by atoms with Crippen LogP contribution in [0, 0.1) is 27.7 Å². The third-order valence-electron chi connectivity index (χ3n) is 6.31. The molecule has 1 aromatic heterocycles. The second-order valence-corrected chi connectivity index (χ2v) is 10.7. The van der Waals surface area contributed by atoms with E-state index in [0.29, 0.717) is 27.6 Å². The molecule has 2 aromatic carbocycles. The van der Waals surface area contributed by atoms with Crippen molar-refractivity contribution in [2.24, 2.45) is 0 Å². The van der Waals surface area contributed by atoms with Crippen LogP contribution in [0.15, 0.2) is 58.0 Å². The Balaban J connectivity index is 1.83. The summed E-state index contributed by atoms with van der Waals surface area (Å²) in [6.07, 6.45) is 1.17. The van der Waals surface area contributed by atoms with E-state index in [1.165, 1.54) is 6.26 Å². The Morgan fingerprint density at radius 1 is 1.03 bits per heavy atom. The molecule has 1 fully saturated rings. The molecule has 0 saturated carbocycles. The van der Waals surface area contributed by atoms with E-state index in [2.05, 4.69) is 0 Å². The lowest BCUT2D eigenvalue weighted by molar-refractivity contribution is -0.122. The summed E-state index contributed by atoms with van der Waals surface area (Å²) in [6, 6.07) is 10.3. The molecular formula is C25H25ClN2O5S. The monoisotopic (exact) mass is 500 g/mol. The molecule has 3 aromatic rings. The van der Waals surface area contributed by atoms with Crippen molar-refractivity contribution in [2.45, 2.75) is 51.6 Å². The van der Waals surface area contributed by atoms with Crippen LogP contribution in [0.3, 0.4) is 0 Å². The largest absolute Gasteiger partial charge is 0.468 e. The Morgan fingerprint density at radius 3 is 2.21 bits per heavy atom. The summed E-state index contributed by atoms with van der Waals surface area (Å²) in [5.74, 6) is -0.721. The zero-order valence-corrected chi connectivity index (χ0v) is 20.9. The van der Waals surface area contributed by atoms with Crippen LogP contribution in [0.4, 0.5) is 5.69 Å². The summed E-state index contributed by atoms with van der Waals surface area (Å²) in [5.41, 5.74) is 3.22. The molecule has 34 heavy (non-hydrogen) atoms. The minimum Gasteiger partial charge on any atom is -0.468 e. The topological polar surface area (TPSA) is 87.9 Å². The second kappa shape index (κ2) is 9.02. The summed E-state index contributed by atoms with van der Waals surface area (Å²) in [4.78, 5) is 27.6. The molecule has 1 saturated heterocycles. The smallest absolute Gasteiger partial charge is 0.252 e. The number of anilines is 1. The summed E-state index contributed by atoms with van der Waals surface area (Å²) in [5, 5.41) is 0.460. The summed E-state index contributed by atoms with van der Waals surface area (Å²) >= 11 is 5.95. The highest BCUT2D eigenvalue weighted by Crippen LogP contribution is 2.34. The number of imide groups is 1. The zero-order chi connectivity index (χ0) is 24.8. The predicted octanol–water partition coefficient (Wildman–Crippen LogP) is 4.69. The molecule has 4 rings (SSSR count). The molecule has 0 bridgehead atoms. The van der Waals surface area contributed by atoms with Crippen molar-refractivity contribution in [2.75, 3.05) is 4.90 Å². The third kappa shape index (κ3) is 4.17. The normalized spacial score (nSPS) is 16.6. The van der Waals surface area contributed by atoms with E-state index in [1.807, 2.05) is 19.9 Å². The molecule has 1 atom stereocenters. The van der Waals surface area contributed by atoms with Crippen LogP contribution in [0.1, 0.15) is 34.4 Å². The molecule has 7 nitrogen and oxygen atoms in total. The Morgan fingerprint density at radius 2 is 1.65 bits per heavy atom. The third-order valence-corrected chi connectivity index (χ3v) is 8.69. The SMILES string of the molecule is Cc1cc(C)c(C)c(S(=O)(=O)N(Cc2ccco2)C2CC(=O)N(c3ccc(Cl)cc3)C2=O)c1C. The van der Waals surface area contributed by atoms with E-state index < -0.39 is 27.9 Å². The first-order valence-corrected chi connectivity index (χ1v) is 12.6. The average molecular weight is 501 g/mol. The van der Waals surface area contributed by atoms with Crippen LogP contribution in [0.5, 0.6) is 0 Å². The van der Waals surface area contributed by atoms with Gasteiger partial charge in [0.15, 0.2) is 0 Å². The van der Waals surface area contributed by atoms with Gasteiger partial charge in [-0.3, -0.25) is 9.59 Å². The van der Waals surface area contributed by atoms with Gasteiger partial charge in [0.1, 0.15) is 11.8 Å². The number of furan rings is 1. The highest BCUT2D eigenvalue weighted by Gasteiger charge is 2.47. The van der Waals surface area contributed by atoms with Crippen molar-refractivity contribution in [1.82, 2.24) is 4.31 Å². The number of nitrogens with zero attached hydrogens (tertiary/aromatic N) is 2. The zero-order valence-electron chi connectivity index (χ0n) is 19.3. The van der Waals surface area contributed by atoms with Gasteiger partial charge in [0, 0.05) is 5.02 Å². The Bertz CT molecular complexity index is 1340. The van der Waals surface area contributed by atoms with Crippen LogP contribution in [-0.4, -0.2) is 30.6 Å². The molecule has 1 aliphatic rings. The summed E-state index contributed by atoms with van der Waals surface area (Å²) in [7, 11) is -4.18. The summed E-state index contributed by atoms with van der Waals surface area (Å²) < 4.78 is 34.7. The molecule has 0 N–H and O–H groups in total. The molecule has 1 aliphatic heterocycles. The number of carbonyl (C=O) groups excluding carboxylic acids is 2. The highest BCUT2D eigenvalue weighted by molar-refractivity contribution is 7.89. The number of hydrogen-bond acceptors (Lipinski definition) is 5. The van der Waals surface area contributed by atoms with Crippen LogP contribution < -0.4 is 4.90 Å². The van der Waals surface area contributed by atoms with Crippen molar-refractivity contribution < 1.29 is 22.4 Å². The lowest BCUT2D eigenvalue weighted by atomic mass is 10.0. The first kappa shape index (κ1) is 24.2. The first-order chi connectivity index (χ1) is 16.0. The van der Waals surface area contributed by atoms with Crippen LogP contribution >= 0.6 is 11.6 Å². The van der Waals surface area contributed by atoms with E-state index in [9.17, 15) is 18.0 Å². The van der Waals surface area contributed by atoms with Gasteiger partial charge in [-0.05, 0) is 86.3 Å². The molecule has 9 heteroatoms. The molecule has 178 valence electrons. The Hall–Kier alpha value is -2.94. The van der Waals surface area contributed by atoms with Crippen LogP contribution in [-0.2, 0) is 26.2 Å². The van der Waals surface area contributed by atoms with Gasteiger partial charge in [0.2, 0.25) is 15.9 Å². The molecule has 2 heterocycles. The lowest BCUT2D eigenvalue weighted by Crippen LogP contribution is -2.45. The molecular weight excluding hydrogens is 476 g/mol. The number of benzene rings is 2. The van der Waals surface area contributed by atoms with E-state index in [4.69, 9.17) is 16.0 Å². The van der Waals surface area contributed by atoms with Gasteiger partial charge in [-0.2, -0.15) is 4.31 Å². The number of carbonyl (C=O) groups is 2. The van der Waals surface area contributed by atoms with E-state index >= 15 is 0 Å². The van der Waals surface area contributed by atoms with Crippen LogP contribution in [0.2, 0.25) is 5.02 Å². The van der Waals surface area contributed by atoms with Gasteiger partial charge in [-0.15, -0.1) is 0 Å². The minimum absolute atomic E-state index is 0.154. The fraction of sp³-hybridized carbons (Fsp3) is 0.280. The first-order valence-electron chi connectivity index (χ1n) is 10.8.